The molecule has 3 aromatic rings. The van der Waals surface area contributed by atoms with Crippen molar-refractivity contribution >= 4 is 21.0 Å². The van der Waals surface area contributed by atoms with E-state index < -0.39 is 64.2 Å². The number of methoxy groups -OCH3 is 1. The van der Waals surface area contributed by atoms with Gasteiger partial charge in [-0.2, -0.15) is 35.1 Å². The Labute approximate surface area is 243 Å². The molecule has 236 valence electrons. The zero-order valence-corrected chi connectivity index (χ0v) is 23.5. The van der Waals surface area contributed by atoms with Crippen LogP contribution in [0.15, 0.2) is 93.5 Å². The lowest BCUT2D eigenvalue weighted by Gasteiger charge is -2.36. The Morgan fingerprint density at radius 3 is 1.49 bits per heavy atom. The van der Waals surface area contributed by atoms with Crippen LogP contribution in [-0.2, 0) is 30.5 Å². The third kappa shape index (κ3) is 8.08. The zero-order valence-electron chi connectivity index (χ0n) is 21.8. The van der Waals surface area contributed by atoms with Crippen molar-refractivity contribution in [2.45, 2.75) is 37.9 Å². The summed E-state index contributed by atoms with van der Waals surface area (Å²) >= 11 is 0. The highest BCUT2D eigenvalue weighted by atomic mass is 32.2. The van der Waals surface area contributed by atoms with Gasteiger partial charge in [0.25, 0.3) is 5.60 Å². The standard InChI is InChI=1S/C26H22F8O7S2/c1-38-17-41-23(25(29,30)31,26(32,33)34)15-39-18-7-11-21(12-8-18)42(20-5-3-2-4-6-20)22-13-9-19(10-14-22)40-16-24(27,28)43(35,36)37/h2-14H,15-17H2,1H3. The first-order chi connectivity index (χ1) is 19.9. The Bertz CT molecular complexity index is 1420. The van der Waals surface area contributed by atoms with Crippen molar-refractivity contribution in [3.8, 4) is 11.5 Å². The summed E-state index contributed by atoms with van der Waals surface area (Å²) in [6.45, 7) is -4.95. The van der Waals surface area contributed by atoms with E-state index in [1.807, 2.05) is 0 Å². The van der Waals surface area contributed by atoms with E-state index >= 15 is 0 Å². The van der Waals surface area contributed by atoms with Gasteiger partial charge in [-0.25, -0.2) is 8.42 Å². The van der Waals surface area contributed by atoms with Crippen LogP contribution >= 0.6 is 0 Å². The molecule has 17 heteroatoms. The van der Waals surface area contributed by atoms with Crippen LogP contribution in [0.2, 0.25) is 0 Å². The quantitative estimate of drug-likeness (QED) is 0.0937. The molecule has 0 bridgehead atoms. The number of benzene rings is 3. The molecule has 7 nitrogen and oxygen atoms in total. The molecule has 43 heavy (non-hydrogen) atoms. The maximum atomic E-state index is 13.6. The highest BCUT2D eigenvalue weighted by Gasteiger charge is 2.73. The average Bonchev–Trinajstić information content (AvgIpc) is 2.92. The summed E-state index contributed by atoms with van der Waals surface area (Å²) in [7, 11) is -6.01. The maximum Gasteiger partial charge on any atom is 0.430 e. The summed E-state index contributed by atoms with van der Waals surface area (Å²) in [6, 6.07) is 19.4. The van der Waals surface area contributed by atoms with Gasteiger partial charge in [-0.1, -0.05) is 18.2 Å². The smallest absolute Gasteiger partial charge is 0.430 e. The van der Waals surface area contributed by atoms with E-state index in [2.05, 4.69) is 9.47 Å². The van der Waals surface area contributed by atoms with E-state index in [4.69, 9.17) is 9.47 Å². The molecule has 0 radical (unpaired) electrons. The topological polar surface area (TPSA) is 94.1 Å². The van der Waals surface area contributed by atoms with E-state index in [0.717, 1.165) is 12.0 Å². The van der Waals surface area contributed by atoms with Crippen molar-refractivity contribution in [1.82, 2.24) is 0 Å². The van der Waals surface area contributed by atoms with E-state index in [1.165, 1.54) is 48.5 Å². The molecule has 3 aromatic carbocycles. The fraction of sp³-hybridized carbons (Fsp3) is 0.308. The molecular formula is C26H22F8O7S2. The fourth-order valence-corrected chi connectivity index (χ4v) is 5.69. The normalized spacial score (nSPS) is 13.9. The van der Waals surface area contributed by atoms with Crippen molar-refractivity contribution in [3.63, 3.8) is 0 Å². The van der Waals surface area contributed by atoms with Crippen molar-refractivity contribution in [2.75, 3.05) is 27.1 Å². The SMILES string of the molecule is COCOC(COc1ccc([S+](c2ccccc2)c2ccc(OCC(F)(F)S(=O)(=O)[O-])cc2)cc1)(C(F)(F)F)C(F)(F)F. The maximum absolute atomic E-state index is 13.6. The largest absolute Gasteiger partial charge is 0.743 e. The lowest BCUT2D eigenvalue weighted by molar-refractivity contribution is -0.397. The number of hydrogen-bond donors (Lipinski definition) is 0. The molecule has 0 aliphatic carbocycles. The van der Waals surface area contributed by atoms with E-state index in [-0.39, 0.29) is 11.5 Å². The van der Waals surface area contributed by atoms with E-state index in [1.54, 1.807) is 30.3 Å². The van der Waals surface area contributed by atoms with Crippen LogP contribution in [-0.4, -0.2) is 63.3 Å². The van der Waals surface area contributed by atoms with Crippen LogP contribution in [0, 0.1) is 0 Å². The Hall–Kier alpha value is -3.12. The van der Waals surface area contributed by atoms with Gasteiger partial charge < -0.3 is 23.5 Å². The second-order valence-electron chi connectivity index (χ2n) is 8.60. The Kier molecular flexibility index (Phi) is 10.6. The lowest BCUT2D eigenvalue weighted by atomic mass is 10.0. The minimum absolute atomic E-state index is 0.166. The van der Waals surface area contributed by atoms with Gasteiger partial charge in [0.05, 0.1) is 10.9 Å². The number of alkyl halides is 8. The predicted molar refractivity (Wildman–Crippen MR) is 135 cm³/mol. The molecule has 1 atom stereocenters. The van der Waals surface area contributed by atoms with Gasteiger partial charge in [0, 0.05) is 7.11 Å². The molecule has 0 aromatic heterocycles. The molecule has 0 amide bonds. The molecule has 0 saturated carbocycles. The predicted octanol–water partition coefficient (Wildman–Crippen LogP) is 6.16. The highest BCUT2D eigenvalue weighted by molar-refractivity contribution is 7.97. The van der Waals surface area contributed by atoms with Crippen LogP contribution in [0.1, 0.15) is 0 Å². The van der Waals surface area contributed by atoms with Crippen LogP contribution in [0.5, 0.6) is 11.5 Å². The first-order valence-electron chi connectivity index (χ1n) is 11.8. The number of hydrogen-bond acceptors (Lipinski definition) is 7. The Balaban J connectivity index is 1.87. The van der Waals surface area contributed by atoms with Gasteiger partial charge in [-0.05, 0) is 60.7 Å². The molecule has 1 unspecified atom stereocenters. The van der Waals surface area contributed by atoms with Gasteiger partial charge in [0.15, 0.2) is 31.4 Å². The van der Waals surface area contributed by atoms with Crippen molar-refractivity contribution in [3.05, 3.63) is 78.9 Å². The first kappa shape index (κ1) is 34.4. The van der Waals surface area contributed by atoms with Crippen molar-refractivity contribution in [2.24, 2.45) is 0 Å². The fourth-order valence-electron chi connectivity index (χ4n) is 3.42. The molecule has 3 rings (SSSR count). The Morgan fingerprint density at radius 1 is 0.674 bits per heavy atom. The van der Waals surface area contributed by atoms with Crippen LogP contribution in [0.4, 0.5) is 35.1 Å². The monoisotopic (exact) mass is 662 g/mol. The van der Waals surface area contributed by atoms with Gasteiger partial charge in [-0.15, -0.1) is 0 Å². The number of halogens is 8. The van der Waals surface area contributed by atoms with Crippen LogP contribution in [0.25, 0.3) is 0 Å². The molecule has 0 fully saturated rings. The summed E-state index contributed by atoms with van der Waals surface area (Å²) in [4.78, 5) is 1.86. The third-order valence-electron chi connectivity index (χ3n) is 5.65. The van der Waals surface area contributed by atoms with Crippen molar-refractivity contribution in [1.29, 1.82) is 0 Å². The van der Waals surface area contributed by atoms with E-state index in [0.29, 0.717) is 9.79 Å². The number of ether oxygens (including phenoxy) is 4. The van der Waals surface area contributed by atoms with Crippen molar-refractivity contribution < 1.29 is 67.0 Å². The van der Waals surface area contributed by atoms with Gasteiger partial charge in [-0.3, -0.25) is 0 Å². The molecule has 0 saturated heterocycles. The Morgan fingerprint density at radius 2 is 1.09 bits per heavy atom. The van der Waals surface area contributed by atoms with Crippen LogP contribution < -0.4 is 9.47 Å². The second kappa shape index (κ2) is 13.3. The summed E-state index contributed by atoms with van der Waals surface area (Å²) in [5.41, 5.74) is -4.66. The zero-order chi connectivity index (χ0) is 32.1. The summed E-state index contributed by atoms with van der Waals surface area (Å²) in [5, 5.41) is -4.65. The summed E-state index contributed by atoms with van der Waals surface area (Å²) < 4.78 is 158. The second-order valence-corrected chi connectivity index (χ2v) is 12.1. The molecule has 0 N–H and O–H groups in total. The number of rotatable bonds is 13. The van der Waals surface area contributed by atoms with Gasteiger partial charge in [0.1, 0.15) is 24.9 Å². The minimum atomic E-state index is -5.94. The van der Waals surface area contributed by atoms with Crippen LogP contribution in [0.3, 0.4) is 0 Å². The summed E-state index contributed by atoms with van der Waals surface area (Å²) in [5.74, 6) is -0.488. The van der Waals surface area contributed by atoms with Gasteiger partial charge in [0.2, 0.25) is 0 Å². The van der Waals surface area contributed by atoms with E-state index in [9.17, 15) is 48.1 Å². The third-order valence-corrected chi connectivity index (χ3v) is 8.73. The molecule has 0 aliphatic heterocycles. The lowest BCUT2D eigenvalue weighted by Crippen LogP contribution is -2.62. The molecular weight excluding hydrogens is 640 g/mol. The molecule has 0 heterocycles. The summed E-state index contributed by atoms with van der Waals surface area (Å²) in [6.07, 6.45) is -11.8. The molecule has 0 spiro atoms. The van der Waals surface area contributed by atoms with Gasteiger partial charge >= 0.3 is 17.6 Å². The first-order valence-corrected chi connectivity index (χ1v) is 14.4. The minimum Gasteiger partial charge on any atom is -0.743 e. The molecule has 0 aliphatic rings. The average molecular weight is 663 g/mol. The highest BCUT2D eigenvalue weighted by Crippen LogP contribution is 2.46.